The van der Waals surface area contributed by atoms with E-state index >= 15 is 0 Å². The van der Waals surface area contributed by atoms with Gasteiger partial charge in [0.15, 0.2) is 0 Å². The van der Waals surface area contributed by atoms with Crippen LogP contribution in [0.5, 0.6) is 0 Å². The van der Waals surface area contributed by atoms with Gasteiger partial charge in [0, 0.05) is 18.0 Å². The van der Waals surface area contributed by atoms with E-state index in [4.69, 9.17) is 4.74 Å². The quantitative estimate of drug-likeness (QED) is 0.239. The lowest BCUT2D eigenvalue weighted by Crippen LogP contribution is -2.56. The third-order valence-corrected chi connectivity index (χ3v) is 6.73. The summed E-state index contributed by atoms with van der Waals surface area (Å²) >= 11 is 0. The number of hydrogen-bond donors (Lipinski definition) is 1. The Hall–Kier alpha value is -2.03. The Kier molecular flexibility index (Phi) is 8.18. The first-order valence-corrected chi connectivity index (χ1v) is 11.4. The molecule has 0 aromatic heterocycles. The number of rotatable bonds is 5. The Morgan fingerprint density at radius 2 is 1.60 bits per heavy atom. The van der Waals surface area contributed by atoms with Gasteiger partial charge >= 0.3 is 5.96 Å². The predicted octanol–water partition coefficient (Wildman–Crippen LogP) is 2.32. The van der Waals surface area contributed by atoms with Gasteiger partial charge in [-0.2, -0.15) is 9.48 Å². The molecular formula is C21H35N4O5+. The van der Waals surface area contributed by atoms with Gasteiger partial charge in [-0.15, -0.1) is 0 Å². The minimum atomic E-state index is -0.674. The van der Waals surface area contributed by atoms with Crippen LogP contribution in [-0.4, -0.2) is 59.1 Å². The van der Waals surface area contributed by atoms with Gasteiger partial charge in [0.05, 0.1) is 32.0 Å². The first-order valence-electron chi connectivity index (χ1n) is 11.4. The molecule has 1 aliphatic heterocycles. The fourth-order valence-electron chi connectivity index (χ4n) is 4.96. The van der Waals surface area contributed by atoms with Crippen LogP contribution < -0.4 is 5.43 Å². The second kappa shape index (κ2) is 10.8. The third-order valence-electron chi connectivity index (χ3n) is 6.73. The largest absolute Gasteiger partial charge is 0.424 e. The monoisotopic (exact) mass is 423 g/mol. The van der Waals surface area contributed by atoms with Crippen molar-refractivity contribution >= 4 is 17.8 Å². The van der Waals surface area contributed by atoms with Crippen LogP contribution in [0.2, 0.25) is 0 Å². The van der Waals surface area contributed by atoms with Crippen molar-refractivity contribution in [2.75, 3.05) is 26.8 Å². The Bertz CT molecular complexity index is 662. The van der Waals surface area contributed by atoms with Crippen molar-refractivity contribution in [3.8, 4) is 0 Å². The van der Waals surface area contributed by atoms with Crippen LogP contribution in [-0.2, 0) is 14.3 Å². The van der Waals surface area contributed by atoms with Crippen molar-refractivity contribution in [1.82, 2.24) is 10.3 Å². The van der Waals surface area contributed by atoms with Crippen LogP contribution in [0, 0.1) is 27.9 Å². The molecule has 30 heavy (non-hydrogen) atoms. The molecule has 168 valence electrons. The molecule has 0 radical (unpaired) electrons. The molecule has 1 saturated heterocycles. The molecule has 3 rings (SSSR count). The van der Waals surface area contributed by atoms with Crippen molar-refractivity contribution < 1.29 is 23.9 Å². The molecule has 3 aliphatic rings. The van der Waals surface area contributed by atoms with Gasteiger partial charge < -0.3 is 4.74 Å². The molecule has 2 amide bonds. The highest BCUT2D eigenvalue weighted by Crippen LogP contribution is 2.27. The van der Waals surface area contributed by atoms with Gasteiger partial charge in [0.25, 0.3) is 11.8 Å². The molecule has 0 aromatic rings. The normalized spacial score (nSPS) is 24.2. The first-order chi connectivity index (χ1) is 14.5. The fraction of sp³-hybridized carbons (Fsp3) is 0.857. The van der Waals surface area contributed by atoms with E-state index in [9.17, 15) is 19.7 Å². The Balaban J connectivity index is 1.91. The summed E-state index contributed by atoms with van der Waals surface area (Å²) in [5, 5.41) is 10.8. The van der Waals surface area contributed by atoms with Crippen LogP contribution in [0.25, 0.3) is 0 Å². The Labute approximate surface area is 177 Å². The number of hydrogen-bond acceptors (Lipinski definition) is 5. The molecule has 1 atom stereocenters. The summed E-state index contributed by atoms with van der Waals surface area (Å²) in [6, 6.07) is 0. The number of nitrogens with zero attached hydrogens (tertiary/aromatic N) is 3. The van der Waals surface area contributed by atoms with Crippen LogP contribution in [0.4, 0.5) is 0 Å². The van der Waals surface area contributed by atoms with E-state index in [1.807, 2.05) is 0 Å². The molecule has 9 nitrogen and oxygen atoms in total. The number of nitrogens with one attached hydrogen (secondary N) is 1. The molecular weight excluding hydrogens is 388 g/mol. The maximum absolute atomic E-state index is 13.5. The third kappa shape index (κ3) is 5.77. The van der Waals surface area contributed by atoms with E-state index < -0.39 is 5.03 Å². The summed E-state index contributed by atoms with van der Waals surface area (Å²) in [7, 11) is 1.55. The second-order valence-corrected chi connectivity index (χ2v) is 8.94. The van der Waals surface area contributed by atoms with Crippen LogP contribution in [0.3, 0.4) is 0 Å². The average molecular weight is 424 g/mol. The second-order valence-electron chi connectivity index (χ2n) is 8.94. The number of carbonyl (C=O) groups excluding carboxylic acids is 2. The zero-order valence-electron chi connectivity index (χ0n) is 18.0. The molecule has 1 heterocycles. The molecule has 0 bridgehead atoms. The van der Waals surface area contributed by atoms with E-state index in [-0.39, 0.29) is 35.5 Å². The van der Waals surface area contributed by atoms with Gasteiger partial charge in [-0.25, -0.2) is 10.1 Å². The van der Waals surface area contributed by atoms with Gasteiger partial charge in [-0.05, 0) is 32.1 Å². The first kappa shape index (κ1) is 22.7. The van der Waals surface area contributed by atoms with Crippen LogP contribution in [0.15, 0.2) is 0 Å². The summed E-state index contributed by atoms with van der Waals surface area (Å²) < 4.78 is 6.78. The summed E-state index contributed by atoms with van der Waals surface area (Å²) in [5.41, 5.74) is 2.20. The minimum Gasteiger partial charge on any atom is -0.381 e. The maximum atomic E-state index is 13.5. The van der Waals surface area contributed by atoms with E-state index in [2.05, 4.69) is 5.43 Å². The van der Waals surface area contributed by atoms with Crippen molar-refractivity contribution in [3.05, 3.63) is 10.1 Å². The topological polar surface area (TPSA) is 105 Å². The van der Waals surface area contributed by atoms with Crippen LogP contribution in [0.1, 0.15) is 70.6 Å². The Morgan fingerprint density at radius 3 is 2.13 bits per heavy atom. The lowest BCUT2D eigenvalue weighted by molar-refractivity contribution is -0.542. The molecule has 0 spiro atoms. The minimum absolute atomic E-state index is 0.0157. The van der Waals surface area contributed by atoms with Crippen molar-refractivity contribution in [3.63, 3.8) is 0 Å². The fourth-order valence-corrected chi connectivity index (χ4v) is 4.96. The Morgan fingerprint density at radius 1 is 1.00 bits per heavy atom. The zero-order valence-corrected chi connectivity index (χ0v) is 18.0. The summed E-state index contributed by atoms with van der Waals surface area (Å²) in [4.78, 5) is 39.5. The average Bonchev–Trinajstić information content (AvgIpc) is 3.29. The van der Waals surface area contributed by atoms with Crippen molar-refractivity contribution in [2.45, 2.75) is 70.6 Å². The molecule has 1 unspecified atom stereocenters. The maximum Gasteiger partial charge on any atom is 0.424 e. The van der Waals surface area contributed by atoms with E-state index in [0.29, 0.717) is 19.8 Å². The van der Waals surface area contributed by atoms with Gasteiger partial charge in [0.2, 0.25) is 5.03 Å². The van der Waals surface area contributed by atoms with E-state index in [1.54, 1.807) is 7.05 Å². The molecule has 2 aliphatic carbocycles. The lowest BCUT2D eigenvalue weighted by Gasteiger charge is -2.27. The number of carbonyl (C=O) groups is 2. The smallest absolute Gasteiger partial charge is 0.381 e. The standard InChI is InChI=1S/C21H34N4O5/c1-23(19(26)17-8-4-2-5-9-17)21(22-25(28)29)24(14-16-12-13-30-15-16)20(27)18-10-6-3-7-11-18/h16-18H,2-15H2,1H3/p+1. The van der Waals surface area contributed by atoms with Crippen molar-refractivity contribution in [1.29, 1.82) is 0 Å². The van der Waals surface area contributed by atoms with Gasteiger partial charge in [-0.3, -0.25) is 9.59 Å². The lowest BCUT2D eigenvalue weighted by atomic mass is 9.88. The molecule has 9 heteroatoms. The summed E-state index contributed by atoms with van der Waals surface area (Å²) in [6.07, 6.45) is 10.2. The highest BCUT2D eigenvalue weighted by molar-refractivity contribution is 5.97. The number of nitro groups is 1. The molecule has 0 aromatic carbocycles. The molecule has 1 N–H and O–H groups in total. The SMILES string of the molecule is C[N+](C(=O)C1CCCCC1)=C(N[N+](=O)[O-])N(CC1CCOC1)C(=O)C1CCCCC1. The van der Waals surface area contributed by atoms with Gasteiger partial charge in [-0.1, -0.05) is 38.5 Å². The molecule has 3 fully saturated rings. The highest BCUT2D eigenvalue weighted by Gasteiger charge is 2.41. The summed E-state index contributed by atoms with van der Waals surface area (Å²) in [5.74, 6) is -0.466. The number of guanidine groups is 1. The number of amides is 2. The van der Waals surface area contributed by atoms with E-state index in [0.717, 1.165) is 70.6 Å². The predicted molar refractivity (Wildman–Crippen MR) is 110 cm³/mol. The van der Waals surface area contributed by atoms with E-state index in [1.165, 1.54) is 9.48 Å². The van der Waals surface area contributed by atoms with Gasteiger partial charge in [0.1, 0.15) is 0 Å². The number of ether oxygens (including phenoxy) is 1. The highest BCUT2D eigenvalue weighted by atomic mass is 16.7. The molecule has 2 saturated carbocycles. The zero-order chi connectivity index (χ0) is 21.5. The van der Waals surface area contributed by atoms with Crippen LogP contribution >= 0.6 is 0 Å². The van der Waals surface area contributed by atoms with Crippen molar-refractivity contribution in [2.24, 2.45) is 17.8 Å². The summed E-state index contributed by atoms with van der Waals surface area (Å²) in [6.45, 7) is 1.49. The number of hydrazine groups is 1.